The second-order valence-corrected chi connectivity index (χ2v) is 11.4. The van der Waals surface area contributed by atoms with E-state index in [-0.39, 0.29) is 28.6 Å². The van der Waals surface area contributed by atoms with Crippen LogP contribution in [-0.2, 0) is 5.92 Å². The summed E-state index contributed by atoms with van der Waals surface area (Å²) in [5.74, 6) is -3.86. The lowest BCUT2D eigenvalue weighted by molar-refractivity contribution is 0.0135. The van der Waals surface area contributed by atoms with Crippen LogP contribution in [0.2, 0.25) is 0 Å². The van der Waals surface area contributed by atoms with Crippen LogP contribution in [0.4, 0.5) is 18.9 Å². The van der Waals surface area contributed by atoms with E-state index < -0.39 is 29.3 Å². The fraction of sp³-hybridized carbons (Fsp3) is 0.556. The molecule has 3 aliphatic carbocycles. The highest BCUT2D eigenvalue weighted by atomic mass is 19.3. The zero-order chi connectivity index (χ0) is 25.6. The third-order valence-electron chi connectivity index (χ3n) is 8.71. The predicted octanol–water partition coefficient (Wildman–Crippen LogP) is 4.29. The zero-order valence-electron chi connectivity index (χ0n) is 20.7. The van der Waals surface area contributed by atoms with E-state index in [9.17, 15) is 22.8 Å². The van der Waals surface area contributed by atoms with Gasteiger partial charge < -0.3 is 20.1 Å². The topological polar surface area (TPSA) is 66.4 Å². The van der Waals surface area contributed by atoms with Crippen molar-refractivity contribution < 1.29 is 18.0 Å². The molecule has 1 aromatic carbocycles. The number of anilines is 1. The summed E-state index contributed by atoms with van der Waals surface area (Å²) in [7, 11) is 2.08. The van der Waals surface area contributed by atoms with Gasteiger partial charge in [-0.05, 0) is 50.5 Å². The number of amides is 1. The van der Waals surface area contributed by atoms with Crippen molar-refractivity contribution in [3.05, 3.63) is 63.3 Å². The molecule has 1 unspecified atom stereocenters. The fourth-order valence-corrected chi connectivity index (χ4v) is 6.22. The number of fused-ring (bicyclic) bond motifs is 1. The van der Waals surface area contributed by atoms with Crippen LogP contribution >= 0.6 is 0 Å². The SMILES string of the molecule is C[C@@H](NC(=O)c1cn([C@@H]2CC23CC3)c(=O)cc1NC1[C@H]2CN(C)C[C@@H]12)c1cccc(C(C)(F)F)c1F. The molecule has 1 spiro atoms. The van der Waals surface area contributed by atoms with Crippen LogP contribution in [-0.4, -0.2) is 41.6 Å². The summed E-state index contributed by atoms with van der Waals surface area (Å²) < 4.78 is 44.3. The second kappa shape index (κ2) is 7.84. The number of aromatic nitrogens is 1. The van der Waals surface area contributed by atoms with Crippen molar-refractivity contribution in [1.82, 2.24) is 14.8 Å². The average Bonchev–Trinajstić information content (AvgIpc) is 3.76. The summed E-state index contributed by atoms with van der Waals surface area (Å²) in [5.41, 5.74) is 0.160. The molecular weight excluding hydrogens is 469 g/mol. The number of nitrogens with zero attached hydrogens (tertiary/aromatic N) is 2. The quantitative estimate of drug-likeness (QED) is 0.596. The number of likely N-dealkylation sites (tertiary alicyclic amines) is 1. The number of hydrogen-bond acceptors (Lipinski definition) is 4. The highest BCUT2D eigenvalue weighted by Gasteiger charge is 2.64. The standard InChI is InChI=1S/C27H31F3N4O2/c1-14(15-5-4-6-19(23(15)28)26(2,29)30)31-25(36)18-13-34(21-10-27(21)7-8-27)22(35)9-20(18)32-24-16-11-33(3)12-17(16)24/h4-6,9,13-14,16-17,21,24,32H,7-8,10-12H2,1-3H3,(H,31,36)/t14-,16-,17+,21-,24?/m1/s1. The molecule has 0 radical (unpaired) electrons. The van der Waals surface area contributed by atoms with Crippen LogP contribution in [0.3, 0.4) is 0 Å². The van der Waals surface area contributed by atoms with Gasteiger partial charge in [0, 0.05) is 49.9 Å². The second-order valence-electron chi connectivity index (χ2n) is 11.4. The predicted molar refractivity (Wildman–Crippen MR) is 130 cm³/mol. The molecule has 3 saturated carbocycles. The van der Waals surface area contributed by atoms with Gasteiger partial charge in [0.2, 0.25) is 0 Å². The third kappa shape index (κ3) is 3.92. The normalized spacial score (nSPS) is 28.5. The Bertz CT molecular complexity index is 1290. The van der Waals surface area contributed by atoms with E-state index in [1.165, 1.54) is 18.2 Å². The summed E-state index contributed by atoms with van der Waals surface area (Å²) >= 11 is 0. The van der Waals surface area contributed by atoms with E-state index in [4.69, 9.17) is 0 Å². The number of carbonyl (C=O) groups is 1. The molecule has 2 aromatic rings. The smallest absolute Gasteiger partial charge is 0.273 e. The Kier molecular flexibility index (Phi) is 5.14. The van der Waals surface area contributed by atoms with Crippen LogP contribution in [0.15, 0.2) is 35.3 Å². The van der Waals surface area contributed by atoms with E-state index in [1.54, 1.807) is 17.7 Å². The van der Waals surface area contributed by atoms with Gasteiger partial charge in [0.25, 0.3) is 17.4 Å². The number of nitrogens with one attached hydrogen (secondary N) is 2. The number of carbonyl (C=O) groups excluding carboxylic acids is 1. The molecule has 1 aromatic heterocycles. The minimum Gasteiger partial charge on any atom is -0.381 e. The summed E-state index contributed by atoms with van der Waals surface area (Å²) in [6.45, 7) is 4.16. The first-order valence-corrected chi connectivity index (χ1v) is 12.7. The molecule has 2 N–H and O–H groups in total. The van der Waals surface area contributed by atoms with Gasteiger partial charge in [-0.25, -0.2) is 13.2 Å². The van der Waals surface area contributed by atoms with Gasteiger partial charge in [-0.2, -0.15) is 0 Å². The van der Waals surface area contributed by atoms with Crippen molar-refractivity contribution in [3.63, 3.8) is 0 Å². The van der Waals surface area contributed by atoms with E-state index in [0.29, 0.717) is 30.0 Å². The van der Waals surface area contributed by atoms with Crippen molar-refractivity contribution in [3.8, 4) is 0 Å². The van der Waals surface area contributed by atoms with E-state index >= 15 is 0 Å². The Labute approximate surface area is 207 Å². The number of hydrogen-bond donors (Lipinski definition) is 2. The van der Waals surface area contributed by atoms with Crippen LogP contribution < -0.4 is 16.2 Å². The number of rotatable bonds is 7. The number of pyridine rings is 1. The zero-order valence-corrected chi connectivity index (χ0v) is 20.7. The van der Waals surface area contributed by atoms with Gasteiger partial charge >= 0.3 is 0 Å². The summed E-state index contributed by atoms with van der Waals surface area (Å²) in [4.78, 5) is 28.7. The van der Waals surface area contributed by atoms with E-state index in [1.807, 2.05) is 0 Å². The molecule has 9 heteroatoms. The third-order valence-corrected chi connectivity index (χ3v) is 8.71. The first kappa shape index (κ1) is 23.6. The molecule has 6 rings (SSSR count). The molecule has 4 fully saturated rings. The van der Waals surface area contributed by atoms with Gasteiger partial charge in [0.05, 0.1) is 22.9 Å². The molecule has 4 aliphatic rings. The van der Waals surface area contributed by atoms with Crippen molar-refractivity contribution in [2.24, 2.45) is 17.3 Å². The fourth-order valence-electron chi connectivity index (χ4n) is 6.22. The molecule has 0 bridgehead atoms. The largest absolute Gasteiger partial charge is 0.381 e. The minimum absolute atomic E-state index is 0.0101. The Morgan fingerprint density at radius 3 is 2.53 bits per heavy atom. The first-order valence-electron chi connectivity index (χ1n) is 12.7. The molecule has 5 atom stereocenters. The number of halogens is 3. The molecule has 6 nitrogen and oxygen atoms in total. The van der Waals surface area contributed by atoms with Gasteiger partial charge in [0.15, 0.2) is 0 Å². The number of benzene rings is 1. The molecule has 2 heterocycles. The lowest BCUT2D eigenvalue weighted by Crippen LogP contribution is -2.32. The highest BCUT2D eigenvalue weighted by molar-refractivity contribution is 5.99. The number of alkyl halides is 2. The Morgan fingerprint density at radius 1 is 1.22 bits per heavy atom. The molecule has 1 aliphatic heterocycles. The van der Waals surface area contributed by atoms with Crippen LogP contribution in [0, 0.1) is 23.1 Å². The van der Waals surface area contributed by atoms with Gasteiger partial charge in [-0.3, -0.25) is 9.59 Å². The average molecular weight is 501 g/mol. The summed E-state index contributed by atoms with van der Waals surface area (Å²) in [6, 6.07) is 4.79. The van der Waals surface area contributed by atoms with Crippen molar-refractivity contribution in [2.45, 2.75) is 57.2 Å². The maximum absolute atomic E-state index is 14.9. The lowest BCUT2D eigenvalue weighted by atomic mass is 10.0. The van der Waals surface area contributed by atoms with Gasteiger partial charge in [0.1, 0.15) is 5.82 Å². The Hall–Kier alpha value is -2.81. The van der Waals surface area contributed by atoms with Crippen LogP contribution in [0.1, 0.15) is 66.7 Å². The Balaban J connectivity index is 1.28. The monoisotopic (exact) mass is 500 g/mol. The Morgan fingerprint density at radius 2 is 1.92 bits per heavy atom. The summed E-state index contributed by atoms with van der Waals surface area (Å²) in [5, 5.41) is 6.21. The molecule has 1 amide bonds. The van der Waals surface area contributed by atoms with Gasteiger partial charge in [-0.1, -0.05) is 18.2 Å². The van der Waals surface area contributed by atoms with Crippen LogP contribution in [0.25, 0.3) is 0 Å². The summed E-state index contributed by atoms with van der Waals surface area (Å²) in [6.07, 6.45) is 4.76. The molecular formula is C27H31F3N4O2. The van der Waals surface area contributed by atoms with Crippen LogP contribution in [0.5, 0.6) is 0 Å². The maximum Gasteiger partial charge on any atom is 0.273 e. The highest BCUT2D eigenvalue weighted by Crippen LogP contribution is 2.72. The lowest BCUT2D eigenvalue weighted by Gasteiger charge is -2.21. The van der Waals surface area contributed by atoms with Crippen molar-refractivity contribution in [2.75, 3.05) is 25.5 Å². The molecule has 192 valence electrons. The molecule has 1 saturated heterocycles. The maximum atomic E-state index is 14.9. The van der Waals surface area contributed by atoms with E-state index in [2.05, 4.69) is 22.6 Å². The first-order chi connectivity index (χ1) is 17.0. The van der Waals surface area contributed by atoms with E-state index in [0.717, 1.165) is 38.4 Å². The minimum atomic E-state index is -3.34. The van der Waals surface area contributed by atoms with Gasteiger partial charge in [-0.15, -0.1) is 0 Å². The van der Waals surface area contributed by atoms with Crippen molar-refractivity contribution >= 4 is 11.6 Å². The molecule has 36 heavy (non-hydrogen) atoms. The van der Waals surface area contributed by atoms with Crippen molar-refractivity contribution in [1.29, 1.82) is 0 Å². The number of piperidine rings is 1.